The number of hydrogen-bond acceptors (Lipinski definition) is 5. The molecule has 8 heteroatoms. The third-order valence-corrected chi connectivity index (χ3v) is 7.43. The zero-order valence-corrected chi connectivity index (χ0v) is 21.7. The summed E-state index contributed by atoms with van der Waals surface area (Å²) in [5.74, 6) is 0.992. The number of carbonyl (C=O) groups excluding carboxylic acids is 2. The van der Waals surface area contributed by atoms with Gasteiger partial charge in [0.25, 0.3) is 11.8 Å². The highest BCUT2D eigenvalue weighted by atomic mass is 79.9. The molecule has 36 heavy (non-hydrogen) atoms. The average Bonchev–Trinajstić information content (AvgIpc) is 2.94. The lowest BCUT2D eigenvalue weighted by Gasteiger charge is -2.37. The topological polar surface area (TPSA) is 68.8 Å². The maximum absolute atomic E-state index is 13.5. The van der Waals surface area contributed by atoms with E-state index in [0.29, 0.717) is 18.7 Å². The van der Waals surface area contributed by atoms with Gasteiger partial charge in [-0.2, -0.15) is 0 Å². The molecular weight excluding hydrogens is 518 g/mol. The summed E-state index contributed by atoms with van der Waals surface area (Å²) in [6.45, 7) is 4.48. The van der Waals surface area contributed by atoms with Crippen LogP contribution in [0.4, 0.5) is 11.5 Å². The minimum Gasteiger partial charge on any atom is -0.371 e. The van der Waals surface area contributed by atoms with Gasteiger partial charge in [0.1, 0.15) is 5.82 Å². The summed E-state index contributed by atoms with van der Waals surface area (Å²) in [7, 11) is 0. The summed E-state index contributed by atoms with van der Waals surface area (Å²) in [6.07, 6.45) is 3.48. The van der Waals surface area contributed by atoms with E-state index in [4.69, 9.17) is 0 Å². The van der Waals surface area contributed by atoms with Crippen LogP contribution in [0.25, 0.3) is 0 Å². The second kappa shape index (κ2) is 11.1. The standard InChI is InChI=1S/C28H30BrN5O2/c29-22-7-5-6-21(20-22)27(35)31-23-11-14-32(15-12-23)25-9-2-1-8-24(25)28(36)34-18-16-33(17-19-34)26-10-3-4-13-30-26/h1-10,13,20,23H,11-12,14-19H2,(H,31,35). The molecule has 3 aromatic rings. The number of benzene rings is 2. The number of halogens is 1. The number of piperidine rings is 1. The Kier molecular flexibility index (Phi) is 7.51. The summed E-state index contributed by atoms with van der Waals surface area (Å²) < 4.78 is 0.893. The maximum Gasteiger partial charge on any atom is 0.256 e. The number of rotatable bonds is 5. The minimum atomic E-state index is -0.0461. The Bertz CT molecular complexity index is 1210. The van der Waals surface area contributed by atoms with Crippen molar-refractivity contribution in [3.63, 3.8) is 0 Å². The minimum absolute atomic E-state index is 0.0461. The Labute approximate surface area is 220 Å². The van der Waals surface area contributed by atoms with Gasteiger partial charge >= 0.3 is 0 Å². The zero-order valence-electron chi connectivity index (χ0n) is 20.1. The number of hydrogen-bond donors (Lipinski definition) is 1. The predicted octanol–water partition coefficient (Wildman–Crippen LogP) is 4.21. The zero-order chi connectivity index (χ0) is 24.9. The fraction of sp³-hybridized carbons (Fsp3) is 0.321. The smallest absolute Gasteiger partial charge is 0.256 e. The molecular formula is C28H30BrN5O2. The molecule has 0 unspecified atom stereocenters. The van der Waals surface area contributed by atoms with Crippen LogP contribution < -0.4 is 15.1 Å². The first-order chi connectivity index (χ1) is 17.6. The van der Waals surface area contributed by atoms with E-state index in [-0.39, 0.29) is 17.9 Å². The van der Waals surface area contributed by atoms with E-state index in [2.05, 4.69) is 36.0 Å². The third-order valence-electron chi connectivity index (χ3n) is 6.93. The Morgan fingerprint density at radius 1 is 0.833 bits per heavy atom. The van der Waals surface area contributed by atoms with Crippen molar-refractivity contribution in [3.8, 4) is 0 Å². The molecule has 3 heterocycles. The first kappa shape index (κ1) is 24.3. The molecule has 1 aromatic heterocycles. The number of amides is 2. The lowest BCUT2D eigenvalue weighted by Crippen LogP contribution is -2.49. The molecule has 2 aliphatic rings. The van der Waals surface area contributed by atoms with Crippen molar-refractivity contribution in [2.75, 3.05) is 49.1 Å². The van der Waals surface area contributed by atoms with E-state index in [1.165, 1.54) is 0 Å². The number of piperazine rings is 1. The second-order valence-electron chi connectivity index (χ2n) is 9.23. The molecule has 5 rings (SSSR count). The predicted molar refractivity (Wildman–Crippen MR) is 146 cm³/mol. The van der Waals surface area contributed by atoms with Crippen LogP contribution in [0, 0.1) is 0 Å². The Morgan fingerprint density at radius 2 is 1.58 bits per heavy atom. The number of para-hydroxylation sites is 1. The van der Waals surface area contributed by atoms with E-state index >= 15 is 0 Å². The van der Waals surface area contributed by atoms with Gasteiger partial charge in [-0.05, 0) is 55.3 Å². The van der Waals surface area contributed by atoms with Crippen molar-refractivity contribution < 1.29 is 9.59 Å². The first-order valence-corrected chi connectivity index (χ1v) is 13.2. The van der Waals surface area contributed by atoms with E-state index in [9.17, 15) is 9.59 Å². The number of nitrogens with one attached hydrogen (secondary N) is 1. The fourth-order valence-corrected chi connectivity index (χ4v) is 5.34. The number of anilines is 2. The molecule has 0 radical (unpaired) electrons. The molecule has 7 nitrogen and oxygen atoms in total. The highest BCUT2D eigenvalue weighted by molar-refractivity contribution is 9.10. The first-order valence-electron chi connectivity index (χ1n) is 12.4. The monoisotopic (exact) mass is 547 g/mol. The van der Waals surface area contributed by atoms with Crippen LogP contribution in [0.3, 0.4) is 0 Å². The molecule has 0 bridgehead atoms. The van der Waals surface area contributed by atoms with Crippen LogP contribution in [0.2, 0.25) is 0 Å². The molecule has 2 amide bonds. The number of aromatic nitrogens is 1. The molecule has 0 saturated carbocycles. The van der Waals surface area contributed by atoms with Gasteiger partial charge in [-0.3, -0.25) is 9.59 Å². The quantitative estimate of drug-likeness (QED) is 0.518. The SMILES string of the molecule is O=C(NC1CCN(c2ccccc2C(=O)N2CCN(c3ccccn3)CC2)CC1)c1cccc(Br)c1. The Hall–Kier alpha value is -3.39. The van der Waals surface area contributed by atoms with Gasteiger partial charge in [-0.15, -0.1) is 0 Å². The second-order valence-corrected chi connectivity index (χ2v) is 10.1. The van der Waals surface area contributed by atoms with Crippen LogP contribution >= 0.6 is 15.9 Å². The van der Waals surface area contributed by atoms with E-state index in [0.717, 1.165) is 60.6 Å². The highest BCUT2D eigenvalue weighted by Crippen LogP contribution is 2.26. The van der Waals surface area contributed by atoms with Crippen molar-refractivity contribution in [2.45, 2.75) is 18.9 Å². The van der Waals surface area contributed by atoms with E-state index in [1.54, 1.807) is 6.20 Å². The molecule has 1 N–H and O–H groups in total. The van der Waals surface area contributed by atoms with Crippen LogP contribution in [0.1, 0.15) is 33.6 Å². The van der Waals surface area contributed by atoms with Crippen molar-refractivity contribution in [2.24, 2.45) is 0 Å². The van der Waals surface area contributed by atoms with Crippen molar-refractivity contribution in [3.05, 3.63) is 88.5 Å². The summed E-state index contributed by atoms with van der Waals surface area (Å²) in [4.78, 5) is 37.0. The highest BCUT2D eigenvalue weighted by Gasteiger charge is 2.28. The molecule has 2 aliphatic heterocycles. The molecule has 0 aliphatic carbocycles. The summed E-state index contributed by atoms with van der Waals surface area (Å²) in [5.41, 5.74) is 2.39. The number of carbonyl (C=O) groups is 2. The summed E-state index contributed by atoms with van der Waals surface area (Å²) in [5, 5.41) is 3.17. The van der Waals surface area contributed by atoms with Crippen molar-refractivity contribution >= 4 is 39.2 Å². The number of nitrogens with zero attached hydrogens (tertiary/aromatic N) is 4. The lowest BCUT2D eigenvalue weighted by atomic mass is 10.0. The van der Waals surface area contributed by atoms with Gasteiger partial charge in [-0.25, -0.2) is 4.98 Å². The van der Waals surface area contributed by atoms with Crippen LogP contribution in [-0.4, -0.2) is 67.0 Å². The van der Waals surface area contributed by atoms with Gasteiger partial charge in [0.05, 0.1) is 5.56 Å². The fourth-order valence-electron chi connectivity index (χ4n) is 4.94. The molecule has 2 fully saturated rings. The van der Waals surface area contributed by atoms with E-state index in [1.807, 2.05) is 71.6 Å². The summed E-state index contributed by atoms with van der Waals surface area (Å²) in [6, 6.07) is 21.4. The van der Waals surface area contributed by atoms with Gasteiger partial charge < -0.3 is 20.0 Å². The largest absolute Gasteiger partial charge is 0.371 e. The summed E-state index contributed by atoms with van der Waals surface area (Å²) >= 11 is 3.43. The third kappa shape index (κ3) is 5.54. The van der Waals surface area contributed by atoms with Gasteiger partial charge in [-0.1, -0.05) is 40.2 Å². The van der Waals surface area contributed by atoms with Gasteiger partial charge in [0.15, 0.2) is 0 Å². The molecule has 0 atom stereocenters. The molecule has 0 spiro atoms. The number of pyridine rings is 1. The average molecular weight is 548 g/mol. The maximum atomic E-state index is 13.5. The van der Waals surface area contributed by atoms with Gasteiger partial charge in [0, 0.05) is 67.2 Å². The van der Waals surface area contributed by atoms with Gasteiger partial charge in [0.2, 0.25) is 0 Å². The van der Waals surface area contributed by atoms with Crippen LogP contribution in [0.15, 0.2) is 77.4 Å². The molecule has 2 aromatic carbocycles. The van der Waals surface area contributed by atoms with Crippen LogP contribution in [0.5, 0.6) is 0 Å². The molecule has 186 valence electrons. The Morgan fingerprint density at radius 3 is 2.31 bits per heavy atom. The van der Waals surface area contributed by atoms with Crippen molar-refractivity contribution in [1.82, 2.24) is 15.2 Å². The molecule has 2 saturated heterocycles. The normalized spacial score (nSPS) is 16.6. The van der Waals surface area contributed by atoms with Crippen LogP contribution in [-0.2, 0) is 0 Å². The van der Waals surface area contributed by atoms with E-state index < -0.39 is 0 Å². The van der Waals surface area contributed by atoms with Crippen molar-refractivity contribution in [1.29, 1.82) is 0 Å². The lowest BCUT2D eigenvalue weighted by molar-refractivity contribution is 0.0747. The Balaban J connectivity index is 1.19.